The molecule has 0 amide bonds. The zero-order valence-electron chi connectivity index (χ0n) is 10.9. The van der Waals surface area contributed by atoms with Gasteiger partial charge in [0.15, 0.2) is 0 Å². The van der Waals surface area contributed by atoms with Gasteiger partial charge in [-0.05, 0) is 31.6 Å². The largest absolute Gasteiger partial charge is 0.480 e. The molecule has 1 fully saturated rings. The van der Waals surface area contributed by atoms with Crippen molar-refractivity contribution in [3.8, 4) is 0 Å². The highest BCUT2D eigenvalue weighted by Gasteiger charge is 2.47. The van der Waals surface area contributed by atoms with Gasteiger partial charge in [0.2, 0.25) is 0 Å². The molecule has 3 heteroatoms. The number of hydrogen-bond donors (Lipinski definition) is 2. The second kappa shape index (κ2) is 5.17. The Labute approximate surface area is 98.6 Å². The Morgan fingerprint density at radius 3 is 2.69 bits per heavy atom. The maximum absolute atomic E-state index is 11.6. The third-order valence-corrected chi connectivity index (χ3v) is 4.36. The van der Waals surface area contributed by atoms with E-state index in [4.69, 9.17) is 0 Å². The molecule has 16 heavy (non-hydrogen) atoms. The van der Waals surface area contributed by atoms with E-state index in [2.05, 4.69) is 33.0 Å². The van der Waals surface area contributed by atoms with Crippen molar-refractivity contribution < 1.29 is 9.90 Å². The predicted molar refractivity (Wildman–Crippen MR) is 65.4 cm³/mol. The lowest BCUT2D eigenvalue weighted by atomic mass is 9.68. The molecule has 0 aliphatic heterocycles. The van der Waals surface area contributed by atoms with Crippen molar-refractivity contribution >= 4 is 5.97 Å². The van der Waals surface area contributed by atoms with Gasteiger partial charge in [-0.3, -0.25) is 10.1 Å². The normalized spacial score (nSPS) is 37.0. The van der Waals surface area contributed by atoms with Gasteiger partial charge in [0.25, 0.3) is 0 Å². The van der Waals surface area contributed by atoms with Crippen LogP contribution in [-0.2, 0) is 4.79 Å². The first-order valence-corrected chi connectivity index (χ1v) is 6.45. The minimum Gasteiger partial charge on any atom is -0.480 e. The highest BCUT2D eigenvalue weighted by Crippen LogP contribution is 2.38. The second-order valence-corrected chi connectivity index (χ2v) is 5.39. The smallest absolute Gasteiger partial charge is 0.324 e. The molecule has 0 aromatic carbocycles. The van der Waals surface area contributed by atoms with Crippen molar-refractivity contribution in [2.45, 2.75) is 65.0 Å². The molecule has 1 rings (SSSR count). The van der Waals surface area contributed by atoms with Crippen LogP contribution in [0.25, 0.3) is 0 Å². The molecule has 94 valence electrons. The summed E-state index contributed by atoms with van der Waals surface area (Å²) >= 11 is 0. The molecular weight excluding hydrogens is 202 g/mol. The summed E-state index contributed by atoms with van der Waals surface area (Å²) in [7, 11) is 0. The molecule has 0 spiro atoms. The van der Waals surface area contributed by atoms with Crippen LogP contribution in [0.3, 0.4) is 0 Å². The monoisotopic (exact) mass is 227 g/mol. The quantitative estimate of drug-likeness (QED) is 0.776. The fourth-order valence-electron chi connectivity index (χ4n) is 2.78. The third-order valence-electron chi connectivity index (χ3n) is 4.36. The predicted octanol–water partition coefficient (Wildman–Crippen LogP) is 2.65. The first-order chi connectivity index (χ1) is 7.44. The lowest BCUT2D eigenvalue weighted by Crippen LogP contribution is -2.62. The highest BCUT2D eigenvalue weighted by atomic mass is 16.4. The second-order valence-electron chi connectivity index (χ2n) is 5.39. The number of hydrogen-bond acceptors (Lipinski definition) is 2. The molecule has 1 saturated carbocycles. The zero-order chi connectivity index (χ0) is 12.3. The molecule has 0 bridgehead atoms. The number of carboxylic acids is 1. The van der Waals surface area contributed by atoms with E-state index in [1.54, 1.807) is 0 Å². The maximum Gasteiger partial charge on any atom is 0.324 e. The molecule has 1 aliphatic carbocycles. The van der Waals surface area contributed by atoms with Crippen LogP contribution in [0.4, 0.5) is 0 Å². The topological polar surface area (TPSA) is 49.3 Å². The van der Waals surface area contributed by atoms with Gasteiger partial charge in [-0.25, -0.2) is 0 Å². The third kappa shape index (κ3) is 2.40. The minimum atomic E-state index is -0.701. The van der Waals surface area contributed by atoms with E-state index in [0.717, 1.165) is 25.7 Å². The van der Waals surface area contributed by atoms with Crippen LogP contribution in [0.2, 0.25) is 0 Å². The Morgan fingerprint density at radius 2 is 2.19 bits per heavy atom. The van der Waals surface area contributed by atoms with Gasteiger partial charge >= 0.3 is 5.97 Å². The van der Waals surface area contributed by atoms with Crippen LogP contribution >= 0.6 is 0 Å². The Hall–Kier alpha value is -0.570. The van der Waals surface area contributed by atoms with E-state index in [9.17, 15) is 9.90 Å². The van der Waals surface area contributed by atoms with Gasteiger partial charge in [-0.15, -0.1) is 0 Å². The first kappa shape index (κ1) is 13.5. The molecular formula is C13H25NO2. The Morgan fingerprint density at radius 1 is 1.56 bits per heavy atom. The lowest BCUT2D eigenvalue weighted by Gasteiger charge is -2.44. The Kier molecular flexibility index (Phi) is 4.36. The summed E-state index contributed by atoms with van der Waals surface area (Å²) in [4.78, 5) is 11.6. The average Bonchev–Trinajstić information content (AvgIpc) is 2.24. The van der Waals surface area contributed by atoms with Crippen LogP contribution in [0.1, 0.15) is 53.4 Å². The molecule has 0 radical (unpaired) electrons. The SMILES string of the molecule is CCC(C)NC1(C(=O)O)CCCC(C)C1C. The van der Waals surface area contributed by atoms with Crippen LogP contribution in [-0.4, -0.2) is 22.7 Å². The molecule has 2 N–H and O–H groups in total. The van der Waals surface area contributed by atoms with Crippen molar-refractivity contribution in [3.63, 3.8) is 0 Å². The first-order valence-electron chi connectivity index (χ1n) is 6.45. The molecule has 4 atom stereocenters. The van der Waals surface area contributed by atoms with Crippen LogP contribution in [0.15, 0.2) is 0 Å². The van der Waals surface area contributed by atoms with E-state index in [1.807, 2.05) is 0 Å². The van der Waals surface area contributed by atoms with Crippen LogP contribution in [0, 0.1) is 11.8 Å². The number of nitrogens with one attached hydrogen (secondary N) is 1. The van der Waals surface area contributed by atoms with E-state index >= 15 is 0 Å². The summed E-state index contributed by atoms with van der Waals surface area (Å²) in [6.45, 7) is 8.40. The van der Waals surface area contributed by atoms with Crippen LogP contribution in [0.5, 0.6) is 0 Å². The van der Waals surface area contributed by atoms with Crippen molar-refractivity contribution in [3.05, 3.63) is 0 Å². The summed E-state index contributed by atoms with van der Waals surface area (Å²) in [5.74, 6) is 0.0148. The molecule has 0 heterocycles. The Balaban J connectivity index is 2.90. The number of carboxylic acid groups (broad SMARTS) is 1. The fourth-order valence-corrected chi connectivity index (χ4v) is 2.78. The van der Waals surface area contributed by atoms with Gasteiger partial charge < -0.3 is 5.11 Å². The van der Waals surface area contributed by atoms with Gasteiger partial charge in [-0.2, -0.15) is 0 Å². The molecule has 3 nitrogen and oxygen atoms in total. The lowest BCUT2D eigenvalue weighted by molar-refractivity contribution is -0.150. The molecule has 1 aliphatic rings. The minimum absolute atomic E-state index is 0.202. The van der Waals surface area contributed by atoms with E-state index in [-0.39, 0.29) is 12.0 Å². The number of rotatable bonds is 4. The summed E-state index contributed by atoms with van der Waals surface area (Å²) in [6, 6.07) is 0.267. The average molecular weight is 227 g/mol. The van der Waals surface area contributed by atoms with Crippen molar-refractivity contribution in [2.75, 3.05) is 0 Å². The van der Waals surface area contributed by atoms with Gasteiger partial charge in [0, 0.05) is 6.04 Å². The molecule has 0 saturated heterocycles. The van der Waals surface area contributed by atoms with Gasteiger partial charge in [0.05, 0.1) is 0 Å². The molecule has 0 aromatic rings. The van der Waals surface area contributed by atoms with Crippen molar-refractivity contribution in [1.82, 2.24) is 5.32 Å². The number of carbonyl (C=O) groups is 1. The number of aliphatic carboxylic acids is 1. The van der Waals surface area contributed by atoms with Gasteiger partial charge in [0.1, 0.15) is 5.54 Å². The fraction of sp³-hybridized carbons (Fsp3) is 0.923. The van der Waals surface area contributed by atoms with Gasteiger partial charge in [-0.1, -0.05) is 33.6 Å². The van der Waals surface area contributed by atoms with Crippen molar-refractivity contribution in [2.24, 2.45) is 11.8 Å². The van der Waals surface area contributed by atoms with E-state index in [0.29, 0.717) is 5.92 Å². The van der Waals surface area contributed by atoms with E-state index in [1.165, 1.54) is 0 Å². The molecule has 4 unspecified atom stereocenters. The summed E-state index contributed by atoms with van der Waals surface area (Å²) in [6.07, 6.45) is 3.90. The summed E-state index contributed by atoms with van der Waals surface area (Å²) < 4.78 is 0. The summed E-state index contributed by atoms with van der Waals surface area (Å²) in [5, 5.41) is 12.9. The highest BCUT2D eigenvalue weighted by molar-refractivity contribution is 5.79. The Bertz CT molecular complexity index is 254. The van der Waals surface area contributed by atoms with Crippen molar-refractivity contribution in [1.29, 1.82) is 0 Å². The van der Waals surface area contributed by atoms with E-state index < -0.39 is 11.5 Å². The van der Waals surface area contributed by atoms with Crippen LogP contribution < -0.4 is 5.32 Å². The standard InChI is InChI=1S/C13H25NO2/c1-5-10(3)14-13(12(15)16)8-6-7-9(2)11(13)4/h9-11,14H,5-8H2,1-4H3,(H,15,16). The summed E-state index contributed by atoms with van der Waals surface area (Å²) in [5.41, 5.74) is -0.701. The zero-order valence-corrected chi connectivity index (χ0v) is 10.9. The molecule has 0 aromatic heterocycles. The maximum atomic E-state index is 11.6.